The van der Waals surface area contributed by atoms with E-state index in [0.717, 1.165) is 5.56 Å². The Balaban J connectivity index is 1.53. The highest BCUT2D eigenvalue weighted by molar-refractivity contribution is 6.06. The van der Waals surface area contributed by atoms with Crippen molar-refractivity contribution in [2.24, 2.45) is 0 Å². The van der Waals surface area contributed by atoms with Gasteiger partial charge in [-0.3, -0.25) is 4.79 Å². The number of amides is 1. The molecule has 1 atom stereocenters. The van der Waals surface area contributed by atoms with E-state index >= 15 is 0 Å². The molecule has 152 valence electrons. The standard InChI is InChI=1S/C21H19N5O4/c1-12-18(20(27)25-14-4-6-15(28-2)7-5-14)19(26-21(24-12)22-10-23-26)13-3-8-16-17(9-13)30-11-29-16/h3-10,19H,11H2,1-2H3,(H,25,27)(H,22,23,24)/t19-/m1/s1. The first-order chi connectivity index (χ1) is 14.6. The first-order valence-electron chi connectivity index (χ1n) is 9.36. The van der Waals surface area contributed by atoms with Gasteiger partial charge in [-0.05, 0) is 48.9 Å². The summed E-state index contributed by atoms with van der Waals surface area (Å²) in [4.78, 5) is 17.6. The quantitative estimate of drug-likeness (QED) is 0.688. The molecule has 0 unspecified atom stereocenters. The van der Waals surface area contributed by atoms with Gasteiger partial charge in [0.05, 0.1) is 12.7 Å². The van der Waals surface area contributed by atoms with Gasteiger partial charge in [0.2, 0.25) is 12.7 Å². The van der Waals surface area contributed by atoms with Gasteiger partial charge < -0.3 is 24.8 Å². The van der Waals surface area contributed by atoms with Crippen LogP contribution in [0.3, 0.4) is 0 Å². The van der Waals surface area contributed by atoms with Crippen LogP contribution in [0.25, 0.3) is 0 Å². The van der Waals surface area contributed by atoms with Crippen molar-refractivity contribution in [3.05, 3.63) is 65.6 Å². The minimum atomic E-state index is -0.475. The summed E-state index contributed by atoms with van der Waals surface area (Å²) >= 11 is 0. The molecule has 2 N–H and O–H groups in total. The van der Waals surface area contributed by atoms with Crippen LogP contribution in [0.5, 0.6) is 17.2 Å². The zero-order valence-corrected chi connectivity index (χ0v) is 16.4. The van der Waals surface area contributed by atoms with Crippen LogP contribution >= 0.6 is 0 Å². The molecule has 2 aliphatic heterocycles. The summed E-state index contributed by atoms with van der Waals surface area (Å²) in [5.41, 5.74) is 2.73. The van der Waals surface area contributed by atoms with Crippen molar-refractivity contribution >= 4 is 17.5 Å². The molecule has 5 rings (SSSR count). The summed E-state index contributed by atoms with van der Waals surface area (Å²) in [5.74, 6) is 2.36. The lowest BCUT2D eigenvalue weighted by molar-refractivity contribution is -0.113. The predicted molar refractivity (Wildman–Crippen MR) is 109 cm³/mol. The fraction of sp³-hybridized carbons (Fsp3) is 0.190. The second kappa shape index (κ2) is 7.11. The summed E-state index contributed by atoms with van der Waals surface area (Å²) < 4.78 is 17.8. The molecule has 9 nitrogen and oxygen atoms in total. The normalized spacial score (nSPS) is 16.7. The van der Waals surface area contributed by atoms with Crippen LogP contribution in [0, 0.1) is 0 Å². The van der Waals surface area contributed by atoms with E-state index < -0.39 is 6.04 Å². The highest BCUT2D eigenvalue weighted by Crippen LogP contribution is 2.40. The number of nitrogens with zero attached hydrogens (tertiary/aromatic N) is 3. The fourth-order valence-electron chi connectivity index (χ4n) is 3.65. The molecule has 0 aliphatic carbocycles. The number of fused-ring (bicyclic) bond motifs is 2. The maximum Gasteiger partial charge on any atom is 0.255 e. The molecule has 30 heavy (non-hydrogen) atoms. The fourth-order valence-corrected chi connectivity index (χ4v) is 3.65. The molecule has 2 aliphatic rings. The van der Waals surface area contributed by atoms with Crippen molar-refractivity contribution in [3.8, 4) is 17.2 Å². The third-order valence-electron chi connectivity index (χ3n) is 5.10. The van der Waals surface area contributed by atoms with Gasteiger partial charge in [0.25, 0.3) is 5.91 Å². The van der Waals surface area contributed by atoms with Crippen LogP contribution in [0.1, 0.15) is 18.5 Å². The van der Waals surface area contributed by atoms with Gasteiger partial charge in [-0.25, -0.2) is 4.68 Å². The number of anilines is 2. The van der Waals surface area contributed by atoms with Crippen LogP contribution < -0.4 is 24.8 Å². The number of methoxy groups -OCH3 is 1. The average molecular weight is 405 g/mol. The first kappa shape index (κ1) is 18.0. The molecule has 3 aromatic rings. The monoisotopic (exact) mass is 405 g/mol. The zero-order valence-electron chi connectivity index (χ0n) is 16.4. The van der Waals surface area contributed by atoms with E-state index in [9.17, 15) is 4.79 Å². The maximum atomic E-state index is 13.3. The van der Waals surface area contributed by atoms with E-state index in [1.54, 1.807) is 36.1 Å². The number of hydrogen-bond acceptors (Lipinski definition) is 7. The molecule has 1 aromatic heterocycles. The highest BCUT2D eigenvalue weighted by atomic mass is 16.7. The number of allylic oxidation sites excluding steroid dienone is 1. The molecule has 3 heterocycles. The van der Waals surface area contributed by atoms with E-state index in [0.29, 0.717) is 40.2 Å². The van der Waals surface area contributed by atoms with E-state index in [1.807, 2.05) is 25.1 Å². The SMILES string of the molecule is COc1ccc(NC(=O)C2=C(C)Nc3ncnn3[C@@H]2c2ccc3c(c2)OCO3)cc1. The van der Waals surface area contributed by atoms with Gasteiger partial charge in [0.15, 0.2) is 11.5 Å². The summed E-state index contributed by atoms with van der Waals surface area (Å²) in [5, 5.41) is 10.5. The van der Waals surface area contributed by atoms with Gasteiger partial charge in [-0.15, -0.1) is 0 Å². The number of carbonyl (C=O) groups is 1. The second-order valence-corrected chi connectivity index (χ2v) is 6.89. The van der Waals surface area contributed by atoms with Gasteiger partial charge in [0, 0.05) is 11.4 Å². The van der Waals surface area contributed by atoms with Gasteiger partial charge >= 0.3 is 0 Å². The molecule has 0 fully saturated rings. The topological polar surface area (TPSA) is 99.5 Å². The van der Waals surface area contributed by atoms with Crippen molar-refractivity contribution in [1.82, 2.24) is 14.8 Å². The lowest BCUT2D eigenvalue weighted by Gasteiger charge is -2.28. The lowest BCUT2D eigenvalue weighted by atomic mass is 9.94. The Labute approximate surface area is 172 Å². The smallest absolute Gasteiger partial charge is 0.255 e. The molecular weight excluding hydrogens is 386 g/mol. The van der Waals surface area contributed by atoms with Crippen molar-refractivity contribution in [3.63, 3.8) is 0 Å². The molecule has 0 bridgehead atoms. The molecular formula is C21H19N5O4. The third kappa shape index (κ3) is 3.00. The minimum absolute atomic E-state index is 0.180. The third-order valence-corrected chi connectivity index (χ3v) is 5.10. The molecule has 0 saturated carbocycles. The van der Waals surface area contributed by atoms with E-state index in [1.165, 1.54) is 6.33 Å². The molecule has 1 amide bonds. The highest BCUT2D eigenvalue weighted by Gasteiger charge is 2.34. The Kier molecular flexibility index (Phi) is 4.27. The van der Waals surface area contributed by atoms with Crippen LogP contribution in [0.4, 0.5) is 11.6 Å². The summed E-state index contributed by atoms with van der Waals surface area (Å²) in [6, 6.07) is 12.3. The summed E-state index contributed by atoms with van der Waals surface area (Å²) in [7, 11) is 1.60. The van der Waals surface area contributed by atoms with Crippen LogP contribution in [-0.2, 0) is 4.79 Å². The van der Waals surface area contributed by atoms with Crippen molar-refractivity contribution in [1.29, 1.82) is 0 Å². The lowest BCUT2D eigenvalue weighted by Crippen LogP contribution is -2.31. The van der Waals surface area contributed by atoms with Gasteiger partial charge in [-0.1, -0.05) is 6.07 Å². The van der Waals surface area contributed by atoms with Crippen molar-refractivity contribution in [2.45, 2.75) is 13.0 Å². The number of carbonyl (C=O) groups excluding carboxylic acids is 1. The van der Waals surface area contributed by atoms with Crippen molar-refractivity contribution < 1.29 is 19.0 Å². The van der Waals surface area contributed by atoms with E-state index in [4.69, 9.17) is 14.2 Å². The first-order valence-corrected chi connectivity index (χ1v) is 9.36. The Morgan fingerprint density at radius 2 is 2.00 bits per heavy atom. The Morgan fingerprint density at radius 1 is 1.20 bits per heavy atom. The number of hydrogen-bond donors (Lipinski definition) is 2. The summed E-state index contributed by atoms with van der Waals surface area (Å²) in [6.45, 7) is 2.03. The Morgan fingerprint density at radius 3 is 2.80 bits per heavy atom. The van der Waals surface area contributed by atoms with Crippen LogP contribution in [0.15, 0.2) is 60.1 Å². The summed E-state index contributed by atoms with van der Waals surface area (Å²) in [6.07, 6.45) is 1.46. The maximum absolute atomic E-state index is 13.3. The number of benzene rings is 2. The molecule has 0 spiro atoms. The molecule has 0 saturated heterocycles. The van der Waals surface area contributed by atoms with E-state index in [-0.39, 0.29) is 12.7 Å². The van der Waals surface area contributed by atoms with E-state index in [2.05, 4.69) is 20.7 Å². The number of rotatable bonds is 4. The Bertz CT molecular complexity index is 1150. The van der Waals surface area contributed by atoms with Crippen LogP contribution in [-0.4, -0.2) is 34.6 Å². The van der Waals surface area contributed by atoms with Gasteiger partial charge in [0.1, 0.15) is 18.1 Å². The number of nitrogens with one attached hydrogen (secondary N) is 2. The van der Waals surface area contributed by atoms with Gasteiger partial charge in [-0.2, -0.15) is 10.1 Å². The van der Waals surface area contributed by atoms with Crippen molar-refractivity contribution in [2.75, 3.05) is 24.5 Å². The Hall–Kier alpha value is -4.01. The number of aromatic nitrogens is 3. The molecule has 9 heteroatoms. The minimum Gasteiger partial charge on any atom is -0.497 e. The second-order valence-electron chi connectivity index (χ2n) is 6.89. The largest absolute Gasteiger partial charge is 0.497 e. The molecule has 0 radical (unpaired) electrons. The average Bonchev–Trinajstić information content (AvgIpc) is 3.41. The number of ether oxygens (including phenoxy) is 3. The van der Waals surface area contributed by atoms with Crippen LogP contribution in [0.2, 0.25) is 0 Å². The molecule has 2 aromatic carbocycles. The zero-order chi connectivity index (χ0) is 20.7. The predicted octanol–water partition coefficient (Wildman–Crippen LogP) is 2.94.